The minimum atomic E-state index is -6.12. The van der Waals surface area contributed by atoms with Gasteiger partial charge in [0.15, 0.2) is 0 Å². The molecule has 2 aromatic carbocycles. The van der Waals surface area contributed by atoms with Gasteiger partial charge in [0.05, 0.1) is 18.7 Å². The maximum atomic E-state index is 13.8. The molecule has 0 amide bonds. The van der Waals surface area contributed by atoms with E-state index in [-0.39, 0.29) is 22.7 Å². The molecule has 3 aromatic rings. The minimum Gasteiger partial charge on any atom is -0.481 e. The van der Waals surface area contributed by atoms with E-state index in [2.05, 4.69) is 4.98 Å². The summed E-state index contributed by atoms with van der Waals surface area (Å²) >= 11 is 0. The maximum Gasteiger partial charge on any atom is 0.500 e. The van der Waals surface area contributed by atoms with Gasteiger partial charge in [0.25, 0.3) is 9.84 Å². The van der Waals surface area contributed by atoms with Crippen molar-refractivity contribution in [1.82, 2.24) is 4.98 Å². The van der Waals surface area contributed by atoms with E-state index >= 15 is 0 Å². The molecule has 0 spiro atoms. The summed E-state index contributed by atoms with van der Waals surface area (Å²) in [6.07, 6.45) is 1.23. The highest BCUT2D eigenvalue weighted by Gasteiger charge is 2.64. The van der Waals surface area contributed by atoms with Crippen molar-refractivity contribution in [1.29, 1.82) is 5.26 Å². The van der Waals surface area contributed by atoms with Crippen LogP contribution in [0.3, 0.4) is 0 Å². The smallest absolute Gasteiger partial charge is 0.481 e. The Labute approximate surface area is 199 Å². The standard InChI is InChI=1S/C25H19F3N2O4S/c1-14-10-16(13-29)4-6-19(14)17-5-8-21-18(11-17)12-22(20-7-9-23(34-3)30-15(20)2)24(21,31)35(32,33)25(26,27)28/h4-12,31H,1-3H3. The minimum absolute atomic E-state index is 0.0356. The van der Waals surface area contributed by atoms with Gasteiger partial charge in [0, 0.05) is 28.5 Å². The lowest BCUT2D eigenvalue weighted by atomic mass is 9.95. The molecule has 1 N–H and O–H groups in total. The number of rotatable bonds is 4. The van der Waals surface area contributed by atoms with Crippen LogP contribution in [0.15, 0.2) is 48.5 Å². The summed E-state index contributed by atoms with van der Waals surface area (Å²) in [5.41, 5.74) is -3.76. The fraction of sp³-hybridized carbons (Fsp3) is 0.200. The highest BCUT2D eigenvalue weighted by Crippen LogP contribution is 2.53. The number of nitriles is 1. The van der Waals surface area contributed by atoms with Crippen molar-refractivity contribution >= 4 is 21.5 Å². The van der Waals surface area contributed by atoms with E-state index in [1.54, 1.807) is 25.1 Å². The number of nitrogens with zero attached hydrogens (tertiary/aromatic N) is 2. The topological polar surface area (TPSA) is 100 Å². The highest BCUT2D eigenvalue weighted by molar-refractivity contribution is 7.93. The molecule has 0 aliphatic heterocycles. The molecule has 1 atom stereocenters. The van der Waals surface area contributed by atoms with Crippen LogP contribution in [0.2, 0.25) is 0 Å². The summed E-state index contributed by atoms with van der Waals surface area (Å²) in [7, 11) is -4.76. The van der Waals surface area contributed by atoms with Crippen LogP contribution in [0, 0.1) is 25.2 Å². The predicted molar refractivity (Wildman–Crippen MR) is 124 cm³/mol. The summed E-state index contributed by atoms with van der Waals surface area (Å²) in [6.45, 7) is 3.26. The van der Waals surface area contributed by atoms with Gasteiger partial charge in [-0.15, -0.1) is 0 Å². The average Bonchev–Trinajstić information content (AvgIpc) is 3.11. The zero-order valence-electron chi connectivity index (χ0n) is 18.8. The number of aryl methyl sites for hydroxylation is 2. The number of methoxy groups -OCH3 is 1. The van der Waals surface area contributed by atoms with E-state index < -0.39 is 31.4 Å². The Kier molecular flexibility index (Phi) is 5.74. The van der Waals surface area contributed by atoms with E-state index in [1.807, 2.05) is 6.07 Å². The van der Waals surface area contributed by atoms with E-state index in [0.717, 1.165) is 5.56 Å². The average molecular weight is 500 g/mol. The SMILES string of the molecule is COc1ccc(C2=Cc3cc(-c4ccc(C#N)cc4C)ccc3C2(O)S(=O)(=O)C(F)(F)F)c(C)n1. The maximum absolute atomic E-state index is 13.8. The second kappa shape index (κ2) is 8.22. The van der Waals surface area contributed by atoms with E-state index in [4.69, 9.17) is 10.00 Å². The molecular weight excluding hydrogens is 481 g/mol. The molecule has 6 nitrogen and oxygen atoms in total. The van der Waals surface area contributed by atoms with Gasteiger partial charge in [0.1, 0.15) is 0 Å². The molecule has 4 rings (SSSR count). The van der Waals surface area contributed by atoms with Gasteiger partial charge in [-0.2, -0.15) is 18.4 Å². The number of hydrogen-bond acceptors (Lipinski definition) is 6. The first-order valence-electron chi connectivity index (χ1n) is 10.3. The van der Waals surface area contributed by atoms with Crippen LogP contribution in [-0.4, -0.2) is 31.1 Å². The number of hydrogen-bond donors (Lipinski definition) is 1. The first-order chi connectivity index (χ1) is 16.3. The Morgan fingerprint density at radius 1 is 1.06 bits per heavy atom. The molecule has 0 saturated carbocycles. The van der Waals surface area contributed by atoms with Gasteiger partial charge >= 0.3 is 5.51 Å². The lowest BCUT2D eigenvalue weighted by molar-refractivity contribution is -0.0501. The second-order valence-electron chi connectivity index (χ2n) is 8.08. The van der Waals surface area contributed by atoms with Crippen LogP contribution in [0.4, 0.5) is 13.2 Å². The third-order valence-electron chi connectivity index (χ3n) is 6.00. The summed E-state index contributed by atoms with van der Waals surface area (Å²) in [6, 6.07) is 13.9. The van der Waals surface area contributed by atoms with Crippen LogP contribution in [0.5, 0.6) is 5.88 Å². The number of alkyl halides is 3. The lowest BCUT2D eigenvalue weighted by Crippen LogP contribution is -2.44. The van der Waals surface area contributed by atoms with Crippen molar-refractivity contribution in [3.05, 3.63) is 82.0 Å². The van der Waals surface area contributed by atoms with Gasteiger partial charge in [-0.25, -0.2) is 13.4 Å². The van der Waals surface area contributed by atoms with Gasteiger partial charge < -0.3 is 9.84 Å². The molecule has 1 aliphatic rings. The van der Waals surface area contributed by atoms with Crippen LogP contribution in [0.25, 0.3) is 22.8 Å². The van der Waals surface area contributed by atoms with Gasteiger partial charge in [0.2, 0.25) is 10.8 Å². The zero-order chi connectivity index (χ0) is 25.8. The number of ether oxygens (including phenoxy) is 1. The van der Waals surface area contributed by atoms with Gasteiger partial charge in [-0.1, -0.05) is 18.2 Å². The van der Waals surface area contributed by atoms with E-state index in [9.17, 15) is 26.7 Å². The Balaban J connectivity index is 1.98. The summed E-state index contributed by atoms with van der Waals surface area (Å²) < 4.78 is 71.8. The third-order valence-corrected chi connectivity index (χ3v) is 7.83. The van der Waals surface area contributed by atoms with Crippen molar-refractivity contribution in [3.63, 3.8) is 0 Å². The fourth-order valence-corrected chi connectivity index (χ4v) is 5.54. The number of benzene rings is 2. The predicted octanol–water partition coefficient (Wildman–Crippen LogP) is 4.88. The molecular formula is C25H19F3N2O4S. The first-order valence-corrected chi connectivity index (χ1v) is 11.8. The Morgan fingerprint density at radius 3 is 2.31 bits per heavy atom. The normalized spacial score (nSPS) is 17.5. The van der Waals surface area contributed by atoms with Crippen LogP contribution >= 0.6 is 0 Å². The van der Waals surface area contributed by atoms with Crippen LogP contribution < -0.4 is 4.74 Å². The molecule has 0 radical (unpaired) electrons. The van der Waals surface area contributed by atoms with Gasteiger partial charge in [-0.3, -0.25) is 0 Å². The summed E-state index contributed by atoms with van der Waals surface area (Å²) in [5, 5.41) is 20.5. The van der Waals surface area contributed by atoms with Crippen LogP contribution in [-0.2, 0) is 14.8 Å². The Morgan fingerprint density at radius 2 is 1.74 bits per heavy atom. The summed E-state index contributed by atoms with van der Waals surface area (Å²) in [5.74, 6) is 0.183. The Hall–Kier alpha value is -3.68. The zero-order valence-corrected chi connectivity index (χ0v) is 19.6. The highest BCUT2D eigenvalue weighted by atomic mass is 32.2. The van der Waals surface area contributed by atoms with Crippen molar-refractivity contribution in [3.8, 4) is 23.1 Å². The van der Waals surface area contributed by atoms with Gasteiger partial charge in [-0.05, 0) is 66.4 Å². The monoisotopic (exact) mass is 500 g/mol. The lowest BCUT2D eigenvalue weighted by Gasteiger charge is -2.29. The number of aromatic nitrogens is 1. The number of pyridine rings is 1. The van der Waals surface area contributed by atoms with E-state index in [1.165, 1.54) is 50.4 Å². The Bertz CT molecular complexity index is 1540. The molecule has 10 heteroatoms. The molecule has 1 heterocycles. The molecule has 0 fully saturated rings. The number of aliphatic hydroxyl groups is 1. The third kappa shape index (κ3) is 3.68. The molecule has 0 bridgehead atoms. The van der Waals surface area contributed by atoms with Crippen molar-refractivity contribution < 1.29 is 31.4 Å². The second-order valence-corrected chi connectivity index (χ2v) is 10.1. The molecule has 0 saturated heterocycles. The number of halogens is 3. The van der Waals surface area contributed by atoms with Crippen molar-refractivity contribution in [2.24, 2.45) is 0 Å². The largest absolute Gasteiger partial charge is 0.500 e. The van der Waals surface area contributed by atoms with Crippen molar-refractivity contribution in [2.75, 3.05) is 7.11 Å². The molecule has 1 aliphatic carbocycles. The fourth-order valence-electron chi connectivity index (χ4n) is 4.27. The number of sulfone groups is 1. The summed E-state index contributed by atoms with van der Waals surface area (Å²) in [4.78, 5) is 0.750. The first kappa shape index (κ1) is 24.4. The number of fused-ring (bicyclic) bond motifs is 1. The molecule has 35 heavy (non-hydrogen) atoms. The van der Waals surface area contributed by atoms with Crippen LogP contribution in [0.1, 0.15) is 33.5 Å². The van der Waals surface area contributed by atoms with Crippen molar-refractivity contribution in [2.45, 2.75) is 24.3 Å². The quantitative estimate of drug-likeness (QED) is 0.548. The molecule has 1 aromatic heterocycles. The van der Waals surface area contributed by atoms with E-state index in [0.29, 0.717) is 16.7 Å². The molecule has 180 valence electrons. The molecule has 1 unspecified atom stereocenters.